The van der Waals surface area contributed by atoms with Crippen LogP contribution in [0.1, 0.15) is 18.1 Å². The highest BCUT2D eigenvalue weighted by Gasteiger charge is 2.07. The molecular formula is C12H18N2OS2. The third kappa shape index (κ3) is 4.09. The summed E-state index contributed by atoms with van der Waals surface area (Å²) in [7, 11) is -0.751. The average Bonchev–Trinajstić information content (AvgIpc) is 2.30. The molecule has 17 heavy (non-hydrogen) atoms. The number of hydrogen-bond acceptors (Lipinski definition) is 3. The highest BCUT2D eigenvalue weighted by atomic mass is 32.2. The Morgan fingerprint density at radius 1 is 1.53 bits per heavy atom. The summed E-state index contributed by atoms with van der Waals surface area (Å²) in [5, 5.41) is 3.27. The summed E-state index contributed by atoms with van der Waals surface area (Å²) in [6.07, 6.45) is 0. The van der Waals surface area contributed by atoms with Crippen LogP contribution < -0.4 is 11.1 Å². The fraction of sp³-hybridized carbons (Fsp3) is 0.417. The van der Waals surface area contributed by atoms with Gasteiger partial charge in [-0.2, -0.15) is 0 Å². The van der Waals surface area contributed by atoms with E-state index in [0.717, 1.165) is 16.8 Å². The van der Waals surface area contributed by atoms with Crippen molar-refractivity contribution in [1.82, 2.24) is 0 Å². The SMILES string of the molecule is CCS(=O)CCNc1c(C)cccc1C(N)=S. The third-order valence-corrected chi connectivity index (χ3v) is 4.02. The van der Waals surface area contributed by atoms with Crippen LogP contribution in [0.3, 0.4) is 0 Å². The van der Waals surface area contributed by atoms with Gasteiger partial charge in [-0.05, 0) is 18.6 Å². The van der Waals surface area contributed by atoms with Gasteiger partial charge in [0.1, 0.15) is 4.99 Å². The number of thiocarbonyl (C=S) groups is 1. The van der Waals surface area contributed by atoms with Crippen molar-refractivity contribution in [3.63, 3.8) is 0 Å². The van der Waals surface area contributed by atoms with E-state index < -0.39 is 10.8 Å². The van der Waals surface area contributed by atoms with Gasteiger partial charge in [0.25, 0.3) is 0 Å². The molecule has 0 aliphatic heterocycles. The minimum atomic E-state index is -0.751. The van der Waals surface area contributed by atoms with Gasteiger partial charge in [-0.25, -0.2) is 0 Å². The lowest BCUT2D eigenvalue weighted by Crippen LogP contribution is -2.17. The number of nitrogens with two attached hydrogens (primary N) is 1. The lowest BCUT2D eigenvalue weighted by atomic mass is 10.1. The first-order chi connectivity index (χ1) is 8.06. The lowest BCUT2D eigenvalue weighted by molar-refractivity contribution is 0.684. The van der Waals surface area contributed by atoms with Crippen LogP contribution in [0, 0.1) is 6.92 Å². The van der Waals surface area contributed by atoms with Crippen molar-refractivity contribution in [3.05, 3.63) is 29.3 Å². The second-order valence-electron chi connectivity index (χ2n) is 3.72. The Kier molecular flexibility index (Phi) is 5.58. The molecule has 0 aliphatic rings. The van der Waals surface area contributed by atoms with E-state index in [9.17, 15) is 4.21 Å². The van der Waals surface area contributed by atoms with Crippen molar-refractivity contribution in [3.8, 4) is 0 Å². The molecule has 3 nitrogen and oxygen atoms in total. The van der Waals surface area contributed by atoms with Crippen molar-refractivity contribution in [2.24, 2.45) is 5.73 Å². The Hall–Kier alpha value is -0.940. The quantitative estimate of drug-likeness (QED) is 0.774. The summed E-state index contributed by atoms with van der Waals surface area (Å²) in [5.74, 6) is 1.33. The first-order valence-electron chi connectivity index (χ1n) is 5.54. The number of rotatable bonds is 6. The van der Waals surface area contributed by atoms with Gasteiger partial charge in [-0.15, -0.1) is 0 Å². The Morgan fingerprint density at radius 3 is 2.82 bits per heavy atom. The van der Waals surface area contributed by atoms with E-state index in [1.165, 1.54) is 0 Å². The molecule has 0 bridgehead atoms. The van der Waals surface area contributed by atoms with Crippen LogP contribution >= 0.6 is 12.2 Å². The van der Waals surface area contributed by atoms with E-state index in [0.29, 0.717) is 23.0 Å². The number of para-hydroxylation sites is 1. The van der Waals surface area contributed by atoms with Crippen LogP contribution in [0.2, 0.25) is 0 Å². The minimum absolute atomic E-state index is 0.382. The first kappa shape index (κ1) is 14.1. The van der Waals surface area contributed by atoms with Crippen LogP contribution in [0.15, 0.2) is 18.2 Å². The predicted octanol–water partition coefficient (Wildman–Crippen LogP) is 1.81. The monoisotopic (exact) mass is 270 g/mol. The maximum atomic E-state index is 11.3. The maximum Gasteiger partial charge on any atom is 0.106 e. The standard InChI is InChI=1S/C12H18N2OS2/c1-3-17(15)8-7-14-11-9(2)5-4-6-10(11)12(13)16/h4-6,14H,3,7-8H2,1-2H3,(H2,13,16). The van der Waals surface area contributed by atoms with Crippen LogP contribution in [0.5, 0.6) is 0 Å². The van der Waals surface area contributed by atoms with Crippen molar-refractivity contribution in [2.75, 3.05) is 23.4 Å². The molecule has 1 aromatic rings. The molecule has 0 radical (unpaired) electrons. The van der Waals surface area contributed by atoms with Gasteiger partial charge in [0, 0.05) is 40.1 Å². The maximum absolute atomic E-state index is 11.3. The number of hydrogen-bond donors (Lipinski definition) is 2. The number of anilines is 1. The van der Waals surface area contributed by atoms with E-state index in [1.807, 2.05) is 32.0 Å². The van der Waals surface area contributed by atoms with Gasteiger partial charge in [0.15, 0.2) is 0 Å². The number of nitrogens with one attached hydrogen (secondary N) is 1. The first-order valence-corrected chi connectivity index (χ1v) is 7.44. The van der Waals surface area contributed by atoms with Gasteiger partial charge in [-0.3, -0.25) is 4.21 Å². The van der Waals surface area contributed by atoms with Gasteiger partial charge in [-0.1, -0.05) is 31.3 Å². The zero-order valence-electron chi connectivity index (χ0n) is 10.2. The van der Waals surface area contributed by atoms with Gasteiger partial charge >= 0.3 is 0 Å². The largest absolute Gasteiger partial charge is 0.389 e. The summed E-state index contributed by atoms with van der Waals surface area (Å²) in [6, 6.07) is 5.83. The van der Waals surface area contributed by atoms with Crippen LogP contribution in [-0.4, -0.2) is 27.2 Å². The topological polar surface area (TPSA) is 55.1 Å². The molecule has 0 aliphatic carbocycles. The third-order valence-electron chi connectivity index (χ3n) is 2.49. The molecular weight excluding hydrogens is 252 g/mol. The molecule has 0 saturated carbocycles. The van der Waals surface area contributed by atoms with Crippen molar-refractivity contribution >= 4 is 33.7 Å². The predicted molar refractivity (Wildman–Crippen MR) is 79.1 cm³/mol. The second-order valence-corrected chi connectivity index (χ2v) is 6.03. The Labute approximate surface area is 110 Å². The zero-order chi connectivity index (χ0) is 12.8. The second kappa shape index (κ2) is 6.71. The Morgan fingerprint density at radius 2 is 2.24 bits per heavy atom. The van der Waals surface area contributed by atoms with Crippen molar-refractivity contribution < 1.29 is 4.21 Å². The molecule has 0 amide bonds. The highest BCUT2D eigenvalue weighted by molar-refractivity contribution is 7.84. The molecule has 1 atom stereocenters. The molecule has 0 fully saturated rings. The van der Waals surface area contributed by atoms with E-state index in [4.69, 9.17) is 18.0 Å². The molecule has 0 aromatic heterocycles. The Balaban J connectivity index is 2.76. The molecule has 5 heteroatoms. The summed E-state index contributed by atoms with van der Waals surface area (Å²) < 4.78 is 11.3. The van der Waals surface area contributed by atoms with E-state index in [1.54, 1.807) is 0 Å². The molecule has 1 aromatic carbocycles. The molecule has 94 valence electrons. The smallest absolute Gasteiger partial charge is 0.106 e. The fourth-order valence-corrected chi connectivity index (χ4v) is 2.33. The molecule has 0 heterocycles. The highest BCUT2D eigenvalue weighted by Crippen LogP contribution is 2.20. The van der Waals surface area contributed by atoms with E-state index in [-0.39, 0.29) is 0 Å². The summed E-state index contributed by atoms with van der Waals surface area (Å²) >= 11 is 5.01. The summed E-state index contributed by atoms with van der Waals surface area (Å²) in [5.41, 5.74) is 8.57. The van der Waals surface area contributed by atoms with Crippen LogP contribution in [-0.2, 0) is 10.8 Å². The van der Waals surface area contributed by atoms with E-state index >= 15 is 0 Å². The summed E-state index contributed by atoms with van der Waals surface area (Å²) in [6.45, 7) is 4.59. The molecule has 3 N–H and O–H groups in total. The van der Waals surface area contributed by atoms with Crippen molar-refractivity contribution in [2.45, 2.75) is 13.8 Å². The Bertz CT molecular complexity index is 433. The van der Waals surface area contributed by atoms with E-state index in [2.05, 4.69) is 5.32 Å². The lowest BCUT2D eigenvalue weighted by Gasteiger charge is -2.13. The zero-order valence-corrected chi connectivity index (χ0v) is 11.8. The number of aryl methyl sites for hydroxylation is 1. The normalized spacial score (nSPS) is 12.1. The fourth-order valence-electron chi connectivity index (χ4n) is 1.54. The van der Waals surface area contributed by atoms with Crippen LogP contribution in [0.25, 0.3) is 0 Å². The number of benzene rings is 1. The van der Waals surface area contributed by atoms with Crippen LogP contribution in [0.4, 0.5) is 5.69 Å². The van der Waals surface area contributed by atoms with Crippen molar-refractivity contribution in [1.29, 1.82) is 0 Å². The van der Waals surface area contributed by atoms with Gasteiger partial charge in [0.2, 0.25) is 0 Å². The molecule has 0 saturated heterocycles. The van der Waals surface area contributed by atoms with Gasteiger partial charge in [0.05, 0.1) is 0 Å². The van der Waals surface area contributed by atoms with Gasteiger partial charge < -0.3 is 11.1 Å². The molecule has 0 spiro atoms. The molecule has 1 rings (SSSR count). The summed E-state index contributed by atoms with van der Waals surface area (Å²) in [4.78, 5) is 0.382. The minimum Gasteiger partial charge on any atom is -0.389 e. The molecule has 1 unspecified atom stereocenters. The average molecular weight is 270 g/mol.